The maximum Gasteiger partial charge on any atom is 0.0278 e. The molecule has 0 spiro atoms. The highest BCUT2D eigenvalue weighted by molar-refractivity contribution is 9.10. The van der Waals surface area contributed by atoms with E-state index in [1.54, 1.807) is 0 Å². The first-order valence-electron chi connectivity index (χ1n) is 5.18. The number of halogens is 1. The van der Waals surface area contributed by atoms with E-state index < -0.39 is 0 Å². The van der Waals surface area contributed by atoms with Gasteiger partial charge in [-0.25, -0.2) is 0 Å². The van der Waals surface area contributed by atoms with Crippen LogP contribution in [0.15, 0.2) is 28.7 Å². The summed E-state index contributed by atoms with van der Waals surface area (Å²) in [4.78, 5) is 2.19. The molecule has 2 N–H and O–H groups in total. The van der Waals surface area contributed by atoms with Gasteiger partial charge < -0.3 is 10.6 Å². The molecule has 0 aliphatic rings. The van der Waals surface area contributed by atoms with Crippen LogP contribution in [0.4, 0.5) is 0 Å². The summed E-state index contributed by atoms with van der Waals surface area (Å²) in [7, 11) is 4.15. The van der Waals surface area contributed by atoms with Crippen molar-refractivity contribution in [1.29, 1.82) is 0 Å². The third-order valence-electron chi connectivity index (χ3n) is 2.88. The molecule has 2 unspecified atom stereocenters. The van der Waals surface area contributed by atoms with Crippen molar-refractivity contribution in [2.75, 3.05) is 20.6 Å². The average Bonchev–Trinajstić information content (AvgIpc) is 2.19. The van der Waals surface area contributed by atoms with Gasteiger partial charge in [-0.15, -0.1) is 0 Å². The van der Waals surface area contributed by atoms with Crippen molar-refractivity contribution in [2.45, 2.75) is 18.9 Å². The maximum atomic E-state index is 5.79. The van der Waals surface area contributed by atoms with Gasteiger partial charge in [-0.1, -0.05) is 35.0 Å². The lowest BCUT2D eigenvalue weighted by molar-refractivity contribution is 0.267. The predicted molar refractivity (Wildman–Crippen MR) is 69.1 cm³/mol. The second kappa shape index (κ2) is 5.64. The second-order valence-electron chi connectivity index (χ2n) is 4.11. The summed E-state index contributed by atoms with van der Waals surface area (Å²) in [6.07, 6.45) is 0. The van der Waals surface area contributed by atoms with Crippen LogP contribution in [-0.2, 0) is 0 Å². The molecule has 1 aromatic carbocycles. The molecule has 84 valence electrons. The van der Waals surface area contributed by atoms with Crippen LogP contribution in [0.3, 0.4) is 0 Å². The highest BCUT2D eigenvalue weighted by atomic mass is 79.9. The van der Waals surface area contributed by atoms with Gasteiger partial charge >= 0.3 is 0 Å². The van der Waals surface area contributed by atoms with Crippen LogP contribution in [0, 0.1) is 0 Å². The fourth-order valence-corrected chi connectivity index (χ4v) is 2.11. The Morgan fingerprint density at radius 3 is 2.20 bits per heavy atom. The molecule has 0 aliphatic carbocycles. The van der Waals surface area contributed by atoms with Gasteiger partial charge in [-0.2, -0.15) is 0 Å². The van der Waals surface area contributed by atoms with Gasteiger partial charge in [0.2, 0.25) is 0 Å². The van der Waals surface area contributed by atoms with Gasteiger partial charge in [0.25, 0.3) is 0 Å². The van der Waals surface area contributed by atoms with Gasteiger partial charge in [-0.3, -0.25) is 0 Å². The molecule has 0 saturated carbocycles. The van der Waals surface area contributed by atoms with E-state index in [2.05, 4.69) is 66.1 Å². The fourth-order valence-electron chi connectivity index (χ4n) is 1.85. The van der Waals surface area contributed by atoms with Crippen LogP contribution in [0.5, 0.6) is 0 Å². The highest BCUT2D eigenvalue weighted by Gasteiger charge is 2.19. The fraction of sp³-hybridized carbons (Fsp3) is 0.500. The Morgan fingerprint density at radius 1 is 1.27 bits per heavy atom. The van der Waals surface area contributed by atoms with E-state index in [0.29, 0.717) is 18.5 Å². The van der Waals surface area contributed by atoms with Gasteiger partial charge in [0.15, 0.2) is 0 Å². The third kappa shape index (κ3) is 3.30. The molecular formula is C12H19BrN2. The van der Waals surface area contributed by atoms with Crippen molar-refractivity contribution < 1.29 is 0 Å². The topological polar surface area (TPSA) is 29.3 Å². The summed E-state index contributed by atoms with van der Waals surface area (Å²) >= 11 is 3.44. The summed E-state index contributed by atoms with van der Waals surface area (Å²) in [5.41, 5.74) is 7.13. The molecule has 0 aliphatic heterocycles. The minimum absolute atomic E-state index is 0.395. The van der Waals surface area contributed by atoms with Crippen LogP contribution in [0.2, 0.25) is 0 Å². The quantitative estimate of drug-likeness (QED) is 0.911. The Hall–Kier alpha value is -0.380. The summed E-state index contributed by atoms with van der Waals surface area (Å²) in [6.45, 7) is 2.91. The van der Waals surface area contributed by atoms with Crippen LogP contribution in [0.25, 0.3) is 0 Å². The van der Waals surface area contributed by atoms with Crippen LogP contribution in [-0.4, -0.2) is 31.6 Å². The van der Waals surface area contributed by atoms with E-state index in [0.717, 1.165) is 4.47 Å². The Morgan fingerprint density at radius 2 is 1.80 bits per heavy atom. The van der Waals surface area contributed by atoms with E-state index in [9.17, 15) is 0 Å². The molecule has 0 heterocycles. The monoisotopic (exact) mass is 270 g/mol. The minimum atomic E-state index is 0.395. The molecule has 1 aromatic rings. The second-order valence-corrected chi connectivity index (χ2v) is 5.02. The van der Waals surface area contributed by atoms with Gasteiger partial charge in [0, 0.05) is 17.1 Å². The lowest BCUT2D eigenvalue weighted by Gasteiger charge is -2.29. The van der Waals surface area contributed by atoms with Gasteiger partial charge in [0.05, 0.1) is 0 Å². The van der Waals surface area contributed by atoms with Crippen LogP contribution < -0.4 is 5.73 Å². The molecule has 15 heavy (non-hydrogen) atoms. The summed E-state index contributed by atoms with van der Waals surface area (Å²) in [6, 6.07) is 8.86. The lowest BCUT2D eigenvalue weighted by Crippen LogP contribution is -2.39. The normalized spacial score (nSPS) is 15.3. The predicted octanol–water partition coefficient (Wildman–Crippen LogP) is 2.44. The van der Waals surface area contributed by atoms with E-state index in [1.807, 2.05) is 0 Å². The zero-order chi connectivity index (χ0) is 11.4. The molecule has 0 amide bonds. The summed E-state index contributed by atoms with van der Waals surface area (Å²) in [5.74, 6) is 0.457. The number of hydrogen-bond acceptors (Lipinski definition) is 2. The Balaban J connectivity index is 2.82. The molecule has 0 bridgehead atoms. The number of hydrogen-bond donors (Lipinski definition) is 1. The number of nitrogens with two attached hydrogens (primary N) is 1. The molecule has 1 rings (SSSR count). The van der Waals surface area contributed by atoms with E-state index in [-0.39, 0.29) is 0 Å². The first-order valence-corrected chi connectivity index (χ1v) is 5.97. The molecule has 2 nitrogen and oxygen atoms in total. The molecule has 3 heteroatoms. The van der Waals surface area contributed by atoms with Crippen molar-refractivity contribution in [1.82, 2.24) is 4.90 Å². The first-order chi connectivity index (χ1) is 7.06. The van der Waals surface area contributed by atoms with E-state index in [1.165, 1.54) is 5.56 Å². The summed E-state index contributed by atoms with van der Waals surface area (Å²) in [5, 5.41) is 0. The molecule has 0 radical (unpaired) electrons. The number of benzene rings is 1. The van der Waals surface area contributed by atoms with Crippen molar-refractivity contribution in [3.8, 4) is 0 Å². The van der Waals surface area contributed by atoms with Crippen LogP contribution in [0.1, 0.15) is 18.4 Å². The SMILES string of the molecule is CC(c1ccc(Br)cc1)C(CN)N(C)C. The molecule has 0 aromatic heterocycles. The molecule has 2 atom stereocenters. The lowest BCUT2D eigenvalue weighted by atomic mass is 9.93. The maximum absolute atomic E-state index is 5.79. The average molecular weight is 271 g/mol. The molecule has 0 fully saturated rings. The standard InChI is InChI=1S/C12H19BrN2/c1-9(12(8-14)15(2)3)10-4-6-11(13)7-5-10/h4-7,9,12H,8,14H2,1-3H3. The summed E-state index contributed by atoms with van der Waals surface area (Å²) < 4.78 is 1.12. The molecular weight excluding hydrogens is 252 g/mol. The minimum Gasteiger partial charge on any atom is -0.329 e. The molecule has 0 saturated heterocycles. The smallest absolute Gasteiger partial charge is 0.0278 e. The zero-order valence-electron chi connectivity index (χ0n) is 9.57. The van der Waals surface area contributed by atoms with E-state index in [4.69, 9.17) is 5.73 Å². The van der Waals surface area contributed by atoms with E-state index >= 15 is 0 Å². The van der Waals surface area contributed by atoms with Crippen molar-refractivity contribution >= 4 is 15.9 Å². The van der Waals surface area contributed by atoms with Gasteiger partial charge in [-0.05, 0) is 37.7 Å². The third-order valence-corrected chi connectivity index (χ3v) is 3.41. The number of likely N-dealkylation sites (N-methyl/N-ethyl adjacent to an activating group) is 1. The Bertz CT molecular complexity index is 295. The Kier molecular flexibility index (Phi) is 4.77. The zero-order valence-corrected chi connectivity index (χ0v) is 11.2. The Labute approximate surface area is 101 Å². The largest absolute Gasteiger partial charge is 0.329 e. The van der Waals surface area contributed by atoms with Gasteiger partial charge in [0.1, 0.15) is 0 Å². The van der Waals surface area contributed by atoms with Crippen molar-refractivity contribution in [3.63, 3.8) is 0 Å². The first kappa shape index (κ1) is 12.7. The van der Waals surface area contributed by atoms with Crippen LogP contribution >= 0.6 is 15.9 Å². The number of rotatable bonds is 4. The number of nitrogens with zero attached hydrogens (tertiary/aromatic N) is 1. The van der Waals surface area contributed by atoms with Crippen molar-refractivity contribution in [3.05, 3.63) is 34.3 Å². The van der Waals surface area contributed by atoms with Crippen molar-refractivity contribution in [2.24, 2.45) is 5.73 Å². The highest BCUT2D eigenvalue weighted by Crippen LogP contribution is 2.23.